The van der Waals surface area contributed by atoms with E-state index in [1.54, 1.807) is 21.0 Å². The minimum atomic E-state index is -1.59. The second kappa shape index (κ2) is 11.2. The van der Waals surface area contributed by atoms with Crippen molar-refractivity contribution in [2.45, 2.75) is 58.3 Å². The highest BCUT2D eigenvalue weighted by Crippen LogP contribution is 2.52. The number of methoxy groups -OCH3 is 1. The zero-order chi connectivity index (χ0) is 23.8. The van der Waals surface area contributed by atoms with Crippen LogP contribution in [-0.4, -0.2) is 32.3 Å². The largest absolute Gasteiger partial charge is 0.497 e. The molecule has 0 spiro atoms. The third kappa shape index (κ3) is 4.54. The van der Waals surface area contributed by atoms with Crippen LogP contribution in [0.5, 0.6) is 5.75 Å². The molecule has 0 heterocycles. The summed E-state index contributed by atoms with van der Waals surface area (Å²) in [5, 5.41) is 0. The van der Waals surface area contributed by atoms with Gasteiger partial charge in [0.05, 0.1) is 20.3 Å². The standard InChI is InChI=1S/C28H34O5/c1-5-8-9-10-15-24-25(20-16-18-21(31-4)19-17-20)22-13-11-12-14-23(22)28(24,26(29)32-6-2)27(30)33-7-3/h11-14,16-19H,5-10,15H2,1-4H3. The number of unbranched alkanes of at least 4 members (excludes halogenated alkanes) is 3. The second-order valence-corrected chi connectivity index (χ2v) is 8.13. The molecule has 1 aliphatic rings. The summed E-state index contributed by atoms with van der Waals surface area (Å²) >= 11 is 0. The summed E-state index contributed by atoms with van der Waals surface area (Å²) in [6.45, 7) is 6.04. The average molecular weight is 451 g/mol. The molecule has 0 atom stereocenters. The highest BCUT2D eigenvalue weighted by Gasteiger charge is 2.58. The van der Waals surface area contributed by atoms with Gasteiger partial charge in [-0.25, -0.2) is 0 Å². The van der Waals surface area contributed by atoms with Gasteiger partial charge in [0.25, 0.3) is 0 Å². The maximum Gasteiger partial charge on any atom is 0.332 e. The number of rotatable bonds is 11. The first-order valence-electron chi connectivity index (χ1n) is 11.9. The number of carbonyl (C=O) groups excluding carboxylic acids is 2. The summed E-state index contributed by atoms with van der Waals surface area (Å²) in [4.78, 5) is 27.3. The molecular formula is C28H34O5. The molecule has 0 saturated carbocycles. The van der Waals surface area contributed by atoms with Crippen LogP contribution in [0.3, 0.4) is 0 Å². The predicted molar refractivity (Wildman–Crippen MR) is 129 cm³/mol. The molecule has 0 aromatic heterocycles. The Morgan fingerprint density at radius 1 is 0.818 bits per heavy atom. The Bertz CT molecular complexity index is 985. The molecule has 0 aliphatic heterocycles. The van der Waals surface area contributed by atoms with Gasteiger partial charge < -0.3 is 14.2 Å². The monoisotopic (exact) mass is 450 g/mol. The number of benzene rings is 2. The Morgan fingerprint density at radius 2 is 1.45 bits per heavy atom. The fourth-order valence-electron chi connectivity index (χ4n) is 4.70. The predicted octanol–water partition coefficient (Wildman–Crippen LogP) is 5.85. The molecule has 1 aliphatic carbocycles. The number of hydrogen-bond donors (Lipinski definition) is 0. The van der Waals surface area contributed by atoms with Crippen LogP contribution in [0.1, 0.15) is 69.6 Å². The first-order valence-corrected chi connectivity index (χ1v) is 11.9. The van der Waals surface area contributed by atoms with Gasteiger partial charge in [-0.1, -0.05) is 62.6 Å². The van der Waals surface area contributed by atoms with E-state index in [-0.39, 0.29) is 13.2 Å². The normalized spacial score (nSPS) is 14.1. The van der Waals surface area contributed by atoms with E-state index in [0.29, 0.717) is 12.0 Å². The lowest BCUT2D eigenvalue weighted by Gasteiger charge is -2.29. The average Bonchev–Trinajstić information content (AvgIpc) is 3.13. The fraction of sp³-hybridized carbons (Fsp3) is 0.429. The molecule has 176 valence electrons. The van der Waals surface area contributed by atoms with Gasteiger partial charge >= 0.3 is 11.9 Å². The fourth-order valence-corrected chi connectivity index (χ4v) is 4.70. The van der Waals surface area contributed by atoms with E-state index in [9.17, 15) is 9.59 Å². The van der Waals surface area contributed by atoms with Crippen molar-refractivity contribution in [3.05, 3.63) is 70.8 Å². The minimum Gasteiger partial charge on any atom is -0.497 e. The Hall–Kier alpha value is -3.08. The number of ether oxygens (including phenoxy) is 3. The summed E-state index contributed by atoms with van der Waals surface area (Å²) in [5.41, 5.74) is 2.52. The van der Waals surface area contributed by atoms with Crippen LogP contribution in [0.25, 0.3) is 5.57 Å². The molecule has 0 bridgehead atoms. The van der Waals surface area contributed by atoms with Crippen molar-refractivity contribution in [3.63, 3.8) is 0 Å². The second-order valence-electron chi connectivity index (χ2n) is 8.13. The van der Waals surface area contributed by atoms with Crippen molar-refractivity contribution in [1.82, 2.24) is 0 Å². The molecule has 0 fully saturated rings. The maximum absolute atomic E-state index is 13.6. The lowest BCUT2D eigenvalue weighted by atomic mass is 9.75. The van der Waals surface area contributed by atoms with Gasteiger partial charge in [0, 0.05) is 0 Å². The van der Waals surface area contributed by atoms with Crippen LogP contribution in [0, 0.1) is 0 Å². The van der Waals surface area contributed by atoms with E-state index in [1.165, 1.54) is 0 Å². The molecule has 0 N–H and O–H groups in total. The van der Waals surface area contributed by atoms with E-state index in [4.69, 9.17) is 14.2 Å². The van der Waals surface area contributed by atoms with Gasteiger partial charge in [-0.2, -0.15) is 0 Å². The summed E-state index contributed by atoms with van der Waals surface area (Å²) < 4.78 is 16.4. The van der Waals surface area contributed by atoms with Crippen LogP contribution >= 0.6 is 0 Å². The third-order valence-corrected chi connectivity index (χ3v) is 6.18. The number of fused-ring (bicyclic) bond motifs is 1. The van der Waals surface area contributed by atoms with Crippen molar-refractivity contribution in [1.29, 1.82) is 0 Å². The summed E-state index contributed by atoms with van der Waals surface area (Å²) in [6.07, 6.45) is 4.70. The summed E-state index contributed by atoms with van der Waals surface area (Å²) in [7, 11) is 1.63. The van der Waals surface area contributed by atoms with Crippen LogP contribution in [0.2, 0.25) is 0 Å². The van der Waals surface area contributed by atoms with Gasteiger partial charge in [0.15, 0.2) is 0 Å². The number of carbonyl (C=O) groups is 2. The number of esters is 2. The minimum absolute atomic E-state index is 0.184. The Morgan fingerprint density at radius 3 is 2.03 bits per heavy atom. The van der Waals surface area contributed by atoms with E-state index >= 15 is 0 Å². The molecule has 0 radical (unpaired) electrons. The van der Waals surface area contributed by atoms with Gasteiger partial charge in [-0.05, 0) is 66.7 Å². The molecular weight excluding hydrogens is 416 g/mol. The van der Waals surface area contributed by atoms with Gasteiger partial charge in [-0.3, -0.25) is 9.59 Å². The lowest BCUT2D eigenvalue weighted by Crippen LogP contribution is -2.46. The van der Waals surface area contributed by atoms with Crippen LogP contribution in [0.15, 0.2) is 54.1 Å². The SMILES string of the molecule is CCCCCCC1=C(c2ccc(OC)cc2)c2ccccc2C1(C(=O)OCC)C(=O)OCC. The first-order chi connectivity index (χ1) is 16.1. The lowest BCUT2D eigenvalue weighted by molar-refractivity contribution is -0.162. The molecule has 33 heavy (non-hydrogen) atoms. The molecule has 0 saturated heterocycles. The Labute approximate surface area is 196 Å². The van der Waals surface area contributed by atoms with Gasteiger partial charge in [0.2, 0.25) is 5.41 Å². The molecule has 5 nitrogen and oxygen atoms in total. The summed E-state index contributed by atoms with van der Waals surface area (Å²) in [6, 6.07) is 15.4. The highest BCUT2D eigenvalue weighted by molar-refractivity contribution is 6.16. The quantitative estimate of drug-likeness (QED) is 0.244. The third-order valence-electron chi connectivity index (χ3n) is 6.18. The number of hydrogen-bond acceptors (Lipinski definition) is 5. The van der Waals surface area contributed by atoms with E-state index < -0.39 is 17.4 Å². The molecule has 3 rings (SSSR count). The van der Waals surface area contributed by atoms with Crippen molar-refractivity contribution >= 4 is 17.5 Å². The van der Waals surface area contributed by atoms with Crippen molar-refractivity contribution in [2.75, 3.05) is 20.3 Å². The Kier molecular flexibility index (Phi) is 8.32. The zero-order valence-corrected chi connectivity index (χ0v) is 20.1. The van der Waals surface area contributed by atoms with E-state index in [0.717, 1.165) is 53.7 Å². The van der Waals surface area contributed by atoms with Gasteiger partial charge in [0.1, 0.15) is 5.75 Å². The molecule has 5 heteroatoms. The topological polar surface area (TPSA) is 61.8 Å². The Balaban J connectivity index is 2.30. The van der Waals surface area contributed by atoms with Crippen LogP contribution < -0.4 is 4.74 Å². The maximum atomic E-state index is 13.6. The van der Waals surface area contributed by atoms with Crippen molar-refractivity contribution in [3.8, 4) is 5.75 Å². The van der Waals surface area contributed by atoms with Crippen molar-refractivity contribution in [2.24, 2.45) is 0 Å². The van der Waals surface area contributed by atoms with Crippen LogP contribution in [-0.2, 0) is 24.5 Å². The molecule has 2 aromatic rings. The molecule has 2 aromatic carbocycles. The molecule has 0 amide bonds. The van der Waals surface area contributed by atoms with Crippen LogP contribution in [0.4, 0.5) is 0 Å². The van der Waals surface area contributed by atoms with Gasteiger partial charge in [-0.15, -0.1) is 0 Å². The highest BCUT2D eigenvalue weighted by atomic mass is 16.6. The first kappa shape index (κ1) is 24.6. The summed E-state index contributed by atoms with van der Waals surface area (Å²) in [5.74, 6) is -0.382. The van der Waals surface area contributed by atoms with E-state index in [1.807, 2.05) is 48.5 Å². The van der Waals surface area contributed by atoms with Crippen molar-refractivity contribution < 1.29 is 23.8 Å². The zero-order valence-electron chi connectivity index (χ0n) is 20.1. The smallest absolute Gasteiger partial charge is 0.332 e. The van der Waals surface area contributed by atoms with E-state index in [2.05, 4.69) is 6.92 Å². The molecule has 0 unspecified atom stereocenters.